The van der Waals surface area contributed by atoms with Crippen molar-refractivity contribution in [1.29, 1.82) is 0 Å². The first-order chi connectivity index (χ1) is 10.3. The van der Waals surface area contributed by atoms with Gasteiger partial charge in [-0.25, -0.2) is 14.2 Å². The molecule has 0 spiro atoms. The minimum atomic E-state index is -1.45. The molecule has 0 amide bonds. The zero-order valence-corrected chi connectivity index (χ0v) is 13.2. The van der Waals surface area contributed by atoms with E-state index >= 15 is 0 Å². The molecule has 0 fully saturated rings. The Morgan fingerprint density at radius 2 is 1.95 bits per heavy atom. The van der Waals surface area contributed by atoms with Gasteiger partial charge in [0.1, 0.15) is 5.69 Å². The topological polar surface area (TPSA) is 85.4 Å². The summed E-state index contributed by atoms with van der Waals surface area (Å²) in [7, 11) is 1.33. The third-order valence-electron chi connectivity index (χ3n) is 2.82. The molecular formula is C13H8Cl3FN2O3. The van der Waals surface area contributed by atoms with E-state index in [0.29, 0.717) is 0 Å². The molecule has 0 aliphatic carbocycles. The van der Waals surface area contributed by atoms with Crippen LogP contribution in [-0.2, 0) is 0 Å². The van der Waals surface area contributed by atoms with Crippen LogP contribution in [0.2, 0.25) is 15.1 Å². The number of hydrogen-bond donors (Lipinski definition) is 2. The summed E-state index contributed by atoms with van der Waals surface area (Å²) in [6, 6.07) is 2.78. The van der Waals surface area contributed by atoms with Crippen LogP contribution in [0.25, 0.3) is 11.3 Å². The van der Waals surface area contributed by atoms with Gasteiger partial charge in [-0.05, 0) is 12.1 Å². The van der Waals surface area contributed by atoms with Crippen LogP contribution < -0.4 is 10.5 Å². The highest BCUT2D eigenvalue weighted by Crippen LogP contribution is 2.42. The smallest absolute Gasteiger partial charge is 0.356 e. The second-order valence-corrected chi connectivity index (χ2v) is 5.26. The summed E-state index contributed by atoms with van der Waals surface area (Å²) in [5.74, 6) is -2.33. The maximum atomic E-state index is 14.3. The predicted octanol–water partition coefficient (Wildman–Crippen LogP) is 4.14. The highest BCUT2D eigenvalue weighted by molar-refractivity contribution is 6.39. The fourth-order valence-corrected chi connectivity index (χ4v) is 2.60. The minimum Gasteiger partial charge on any atom is -0.494 e. The van der Waals surface area contributed by atoms with Gasteiger partial charge in [-0.1, -0.05) is 34.8 Å². The van der Waals surface area contributed by atoms with Gasteiger partial charge in [0.2, 0.25) is 0 Å². The number of nitrogens with zero attached hydrogens (tertiary/aromatic N) is 1. The zero-order chi connectivity index (χ0) is 16.6. The van der Waals surface area contributed by atoms with E-state index < -0.39 is 28.2 Å². The van der Waals surface area contributed by atoms with Crippen LogP contribution in [-0.4, -0.2) is 23.2 Å². The monoisotopic (exact) mass is 364 g/mol. The quantitative estimate of drug-likeness (QED) is 0.854. The molecule has 0 radical (unpaired) electrons. The number of carboxylic acids is 1. The Morgan fingerprint density at radius 3 is 2.50 bits per heavy atom. The van der Waals surface area contributed by atoms with Gasteiger partial charge in [0.15, 0.2) is 17.3 Å². The summed E-state index contributed by atoms with van der Waals surface area (Å²) in [6.07, 6.45) is 0. The van der Waals surface area contributed by atoms with Crippen molar-refractivity contribution >= 4 is 46.5 Å². The zero-order valence-electron chi connectivity index (χ0n) is 11.0. The number of benzene rings is 1. The molecule has 9 heteroatoms. The van der Waals surface area contributed by atoms with Gasteiger partial charge >= 0.3 is 5.97 Å². The van der Waals surface area contributed by atoms with Crippen LogP contribution in [0.3, 0.4) is 0 Å². The third kappa shape index (κ3) is 2.65. The summed E-state index contributed by atoms with van der Waals surface area (Å²) in [6.45, 7) is 0. The van der Waals surface area contributed by atoms with E-state index in [2.05, 4.69) is 4.98 Å². The molecule has 0 saturated heterocycles. The van der Waals surface area contributed by atoms with Gasteiger partial charge < -0.3 is 15.6 Å². The van der Waals surface area contributed by atoms with Crippen LogP contribution in [0.15, 0.2) is 12.1 Å². The molecule has 0 aliphatic heterocycles. The van der Waals surface area contributed by atoms with Crippen molar-refractivity contribution < 1.29 is 19.0 Å². The lowest BCUT2D eigenvalue weighted by atomic mass is 10.1. The molecule has 1 aromatic carbocycles. The fraction of sp³-hybridized carbons (Fsp3) is 0.0769. The standard InChI is InChI=1S/C13H8Cl3FN2O3/c1-22-12-5(14)3-2-4(6(12)15)10-8(17)9(18)7(16)11(19-10)13(20)21/h2-3H,1H3,(H2,18,19)(H,20,21). The van der Waals surface area contributed by atoms with Gasteiger partial charge in [-0.15, -0.1) is 0 Å². The van der Waals surface area contributed by atoms with E-state index in [1.807, 2.05) is 0 Å². The van der Waals surface area contributed by atoms with Gasteiger partial charge in [0.05, 0.1) is 27.9 Å². The summed E-state index contributed by atoms with van der Waals surface area (Å²) in [5, 5.41) is 8.76. The molecule has 2 aromatic rings. The molecule has 1 aromatic heterocycles. The van der Waals surface area contributed by atoms with Gasteiger partial charge in [0, 0.05) is 5.56 Å². The Morgan fingerprint density at radius 1 is 1.32 bits per heavy atom. The molecule has 0 aliphatic rings. The largest absolute Gasteiger partial charge is 0.494 e. The number of nitrogen functional groups attached to an aromatic ring is 1. The fourth-order valence-electron chi connectivity index (χ4n) is 1.78. The number of aromatic carboxylic acids is 1. The normalized spacial score (nSPS) is 10.6. The van der Waals surface area contributed by atoms with E-state index in [-0.39, 0.29) is 27.1 Å². The average molecular weight is 366 g/mol. The van der Waals surface area contributed by atoms with Crippen molar-refractivity contribution in [2.75, 3.05) is 12.8 Å². The lowest BCUT2D eigenvalue weighted by Gasteiger charge is -2.13. The predicted molar refractivity (Wildman–Crippen MR) is 82.6 cm³/mol. The number of carbonyl (C=O) groups is 1. The number of methoxy groups -OCH3 is 1. The summed E-state index contributed by atoms with van der Waals surface area (Å²) < 4.78 is 19.3. The van der Waals surface area contributed by atoms with E-state index in [1.165, 1.54) is 19.2 Å². The van der Waals surface area contributed by atoms with Crippen LogP contribution in [0.5, 0.6) is 5.75 Å². The van der Waals surface area contributed by atoms with E-state index in [1.54, 1.807) is 0 Å². The molecule has 22 heavy (non-hydrogen) atoms. The summed E-state index contributed by atoms with van der Waals surface area (Å²) in [5.41, 5.74) is 4.10. The molecule has 0 bridgehead atoms. The second-order valence-electron chi connectivity index (χ2n) is 4.10. The summed E-state index contributed by atoms with van der Waals surface area (Å²) >= 11 is 17.7. The van der Waals surface area contributed by atoms with Crippen molar-refractivity contribution in [2.45, 2.75) is 0 Å². The van der Waals surface area contributed by atoms with Crippen molar-refractivity contribution in [2.24, 2.45) is 0 Å². The summed E-state index contributed by atoms with van der Waals surface area (Å²) in [4.78, 5) is 14.8. The molecule has 5 nitrogen and oxygen atoms in total. The van der Waals surface area contributed by atoms with E-state index in [0.717, 1.165) is 0 Å². The van der Waals surface area contributed by atoms with Gasteiger partial charge in [-0.3, -0.25) is 0 Å². The Hall–Kier alpha value is -1.76. The van der Waals surface area contributed by atoms with Crippen LogP contribution in [0.4, 0.5) is 10.1 Å². The molecule has 1 heterocycles. The van der Waals surface area contributed by atoms with Crippen LogP contribution in [0, 0.1) is 5.82 Å². The second kappa shape index (κ2) is 6.16. The molecular weight excluding hydrogens is 358 g/mol. The lowest BCUT2D eigenvalue weighted by molar-refractivity contribution is 0.0691. The maximum absolute atomic E-state index is 14.3. The number of halogens is 4. The number of nitrogens with two attached hydrogens (primary N) is 1. The first-order valence-corrected chi connectivity index (χ1v) is 6.83. The lowest BCUT2D eigenvalue weighted by Crippen LogP contribution is -2.08. The van der Waals surface area contributed by atoms with Gasteiger partial charge in [-0.2, -0.15) is 0 Å². The minimum absolute atomic E-state index is 0.0283. The molecule has 3 N–H and O–H groups in total. The average Bonchev–Trinajstić information content (AvgIpc) is 2.46. The van der Waals surface area contributed by atoms with Gasteiger partial charge in [0.25, 0.3) is 0 Å². The third-order valence-corrected chi connectivity index (χ3v) is 3.88. The number of ether oxygens (including phenoxy) is 1. The highest BCUT2D eigenvalue weighted by Gasteiger charge is 2.24. The SMILES string of the molecule is COc1c(Cl)ccc(-c2nc(C(=O)O)c(Cl)c(N)c2F)c1Cl. The van der Waals surface area contributed by atoms with Crippen LogP contribution >= 0.6 is 34.8 Å². The number of anilines is 1. The number of pyridine rings is 1. The van der Waals surface area contributed by atoms with Crippen LogP contribution in [0.1, 0.15) is 10.5 Å². The maximum Gasteiger partial charge on any atom is 0.356 e. The van der Waals surface area contributed by atoms with Crippen molar-refractivity contribution in [3.05, 3.63) is 38.7 Å². The number of carboxylic acid groups (broad SMARTS) is 1. The Bertz CT molecular complexity index is 784. The van der Waals surface area contributed by atoms with E-state index in [9.17, 15) is 9.18 Å². The first-order valence-electron chi connectivity index (χ1n) is 5.69. The highest BCUT2D eigenvalue weighted by atomic mass is 35.5. The molecule has 0 unspecified atom stereocenters. The number of aromatic nitrogens is 1. The van der Waals surface area contributed by atoms with Crippen molar-refractivity contribution in [3.63, 3.8) is 0 Å². The number of rotatable bonds is 3. The molecule has 0 saturated carbocycles. The first kappa shape index (κ1) is 16.6. The van der Waals surface area contributed by atoms with E-state index in [4.69, 9.17) is 50.4 Å². The molecule has 0 atom stereocenters. The molecule has 116 valence electrons. The Labute approximate surface area is 139 Å². The number of hydrogen-bond acceptors (Lipinski definition) is 4. The Balaban J connectivity index is 2.81. The van der Waals surface area contributed by atoms with Crippen molar-refractivity contribution in [3.8, 4) is 17.0 Å². The Kier molecular flexibility index (Phi) is 4.65. The molecule has 2 rings (SSSR count). The van der Waals surface area contributed by atoms with Crippen molar-refractivity contribution in [1.82, 2.24) is 4.98 Å².